The number of carbonyl (C=O) groups excluding carboxylic acids is 1. The van der Waals surface area contributed by atoms with E-state index in [1.54, 1.807) is 12.1 Å². The largest absolute Gasteiger partial charge is 0.326 e. The van der Waals surface area contributed by atoms with Gasteiger partial charge in [-0.3, -0.25) is 4.79 Å². The number of allylic oxidation sites excluding steroid dienone is 1. The zero-order valence-corrected chi connectivity index (χ0v) is 16.2. The highest BCUT2D eigenvalue weighted by Crippen LogP contribution is 2.53. The van der Waals surface area contributed by atoms with Gasteiger partial charge in [0, 0.05) is 17.0 Å². The van der Waals surface area contributed by atoms with Crippen molar-refractivity contribution < 1.29 is 9.18 Å². The first kappa shape index (κ1) is 20.1. The zero-order chi connectivity index (χ0) is 20.0. The van der Waals surface area contributed by atoms with Crippen LogP contribution >= 0.6 is 0 Å². The summed E-state index contributed by atoms with van der Waals surface area (Å²) in [6, 6.07) is 16.0. The van der Waals surface area contributed by atoms with Crippen molar-refractivity contribution >= 4 is 17.7 Å². The van der Waals surface area contributed by atoms with Crippen molar-refractivity contribution in [3.8, 4) is 5.69 Å². The summed E-state index contributed by atoms with van der Waals surface area (Å²) in [5.41, 5.74) is 4.92. The van der Waals surface area contributed by atoms with Crippen molar-refractivity contribution in [3.63, 3.8) is 0 Å². The van der Waals surface area contributed by atoms with Gasteiger partial charge in [-0.2, -0.15) is 5.10 Å². The molecule has 2 aliphatic carbocycles. The number of amides is 1. The molecule has 0 aliphatic heterocycles. The number of fused-ring (bicyclic) bond motifs is 2. The van der Waals surface area contributed by atoms with Gasteiger partial charge < -0.3 is 5.32 Å². The summed E-state index contributed by atoms with van der Waals surface area (Å²) in [5.74, 6) is -0.253. The van der Waals surface area contributed by atoms with Gasteiger partial charge in [0.1, 0.15) is 5.82 Å². The molecule has 0 unspecified atom stereocenters. The van der Waals surface area contributed by atoms with Gasteiger partial charge in [0.2, 0.25) is 5.91 Å². The van der Waals surface area contributed by atoms with Crippen LogP contribution in [0.4, 0.5) is 10.1 Å². The third-order valence-corrected chi connectivity index (χ3v) is 6.39. The van der Waals surface area contributed by atoms with E-state index in [1.807, 2.05) is 41.2 Å². The minimum Gasteiger partial charge on any atom is -0.326 e. The van der Waals surface area contributed by atoms with E-state index < -0.39 is 0 Å². The van der Waals surface area contributed by atoms with Crippen molar-refractivity contribution in [3.05, 3.63) is 83.4 Å². The Morgan fingerprint density at radius 2 is 1.90 bits per heavy atom. The maximum atomic E-state index is 13.3. The average Bonchev–Trinajstić information content (AvgIpc) is 3.27. The van der Waals surface area contributed by atoms with Crippen LogP contribution in [0.15, 0.2) is 66.4 Å². The number of para-hydroxylation sites is 1. The molecule has 2 aliphatic rings. The van der Waals surface area contributed by atoms with E-state index in [4.69, 9.17) is 0 Å². The van der Waals surface area contributed by atoms with E-state index in [9.17, 15) is 9.18 Å². The number of aromatic nitrogens is 2. The molecule has 5 rings (SSSR count). The second-order valence-electron chi connectivity index (χ2n) is 8.15. The van der Waals surface area contributed by atoms with Crippen molar-refractivity contribution in [1.29, 1.82) is 0 Å². The summed E-state index contributed by atoms with van der Waals surface area (Å²) >= 11 is 0. The van der Waals surface area contributed by atoms with E-state index in [0.717, 1.165) is 41.9 Å². The monoisotopic (exact) mass is 403 g/mol. The van der Waals surface area contributed by atoms with Gasteiger partial charge >= 0.3 is 0 Å². The number of nitrogens with one attached hydrogen (secondary N) is 1. The number of carbonyl (C=O) groups is 1. The van der Waals surface area contributed by atoms with Crippen LogP contribution in [0.1, 0.15) is 38.4 Å². The van der Waals surface area contributed by atoms with Gasteiger partial charge in [-0.15, -0.1) is 0 Å². The summed E-state index contributed by atoms with van der Waals surface area (Å²) < 4.78 is 15.1. The molecular weight excluding hydrogens is 377 g/mol. The summed E-state index contributed by atoms with van der Waals surface area (Å²) in [6.45, 7) is 2.19. The Labute approximate surface area is 176 Å². The Morgan fingerprint density at radius 3 is 2.63 bits per heavy atom. The normalized spacial score (nSPS) is 21.8. The third-order valence-electron chi connectivity index (χ3n) is 6.39. The van der Waals surface area contributed by atoms with Gasteiger partial charge in [-0.25, -0.2) is 9.07 Å². The number of halogens is 1. The minimum absolute atomic E-state index is 0. The average molecular weight is 404 g/mol. The molecule has 2 atom stereocenters. The molecule has 5 heteroatoms. The molecule has 0 bridgehead atoms. The molecule has 1 amide bonds. The number of rotatable bonds is 3. The molecule has 0 saturated heterocycles. The summed E-state index contributed by atoms with van der Waals surface area (Å²) in [7, 11) is 0. The van der Waals surface area contributed by atoms with E-state index in [-0.39, 0.29) is 30.5 Å². The molecule has 0 radical (unpaired) electrons. The van der Waals surface area contributed by atoms with E-state index in [2.05, 4.69) is 23.4 Å². The Hall–Kier alpha value is -3.21. The van der Waals surface area contributed by atoms with Gasteiger partial charge in [0.05, 0.1) is 17.6 Å². The van der Waals surface area contributed by atoms with Crippen molar-refractivity contribution in [2.24, 2.45) is 11.3 Å². The predicted molar refractivity (Wildman–Crippen MR) is 118 cm³/mol. The molecule has 154 valence electrons. The van der Waals surface area contributed by atoms with Crippen LogP contribution in [-0.4, -0.2) is 15.7 Å². The third kappa shape index (κ3) is 3.24. The molecule has 0 spiro atoms. The molecule has 1 saturated carbocycles. The number of hydrogen-bond donors (Lipinski definition) is 1. The summed E-state index contributed by atoms with van der Waals surface area (Å²) in [5, 5.41) is 7.62. The molecule has 3 aromatic rings. The Morgan fingerprint density at radius 1 is 1.17 bits per heavy atom. The van der Waals surface area contributed by atoms with Crippen LogP contribution < -0.4 is 5.32 Å². The van der Waals surface area contributed by atoms with Crippen LogP contribution in [0, 0.1) is 17.2 Å². The van der Waals surface area contributed by atoms with Crippen molar-refractivity contribution in [2.75, 3.05) is 5.32 Å². The topological polar surface area (TPSA) is 46.9 Å². The first-order valence-corrected chi connectivity index (χ1v) is 9.94. The molecular formula is C25H26FN3O. The lowest BCUT2D eigenvalue weighted by atomic mass is 9.69. The lowest BCUT2D eigenvalue weighted by Crippen LogP contribution is -2.36. The zero-order valence-electron chi connectivity index (χ0n) is 16.2. The highest BCUT2D eigenvalue weighted by Gasteiger charge is 2.48. The fourth-order valence-electron chi connectivity index (χ4n) is 4.80. The van der Waals surface area contributed by atoms with Crippen LogP contribution in [0.5, 0.6) is 0 Å². The Balaban J connectivity index is 0.00000218. The lowest BCUT2D eigenvalue weighted by molar-refractivity contribution is -0.122. The SMILES string of the molecule is C.C[C@]12Cc3cnn(-c4ccc(F)cc4)c3C=C1CC[C@@H]2C(=O)Nc1ccccc1. The van der Waals surface area contributed by atoms with Gasteiger partial charge in [-0.1, -0.05) is 38.1 Å². The first-order valence-electron chi connectivity index (χ1n) is 9.94. The van der Waals surface area contributed by atoms with Crippen LogP contribution in [0.2, 0.25) is 0 Å². The predicted octanol–water partition coefficient (Wildman–Crippen LogP) is 5.64. The van der Waals surface area contributed by atoms with Gasteiger partial charge in [-0.05, 0) is 67.3 Å². The molecule has 1 heterocycles. The number of hydrogen-bond acceptors (Lipinski definition) is 2. The molecule has 1 N–H and O–H groups in total. The molecule has 2 aromatic carbocycles. The minimum atomic E-state index is -0.260. The highest BCUT2D eigenvalue weighted by molar-refractivity contribution is 5.94. The molecule has 1 aromatic heterocycles. The highest BCUT2D eigenvalue weighted by atomic mass is 19.1. The Bertz CT molecular complexity index is 1100. The summed E-state index contributed by atoms with van der Waals surface area (Å²) in [4.78, 5) is 13.1. The second kappa shape index (κ2) is 7.56. The first-order chi connectivity index (χ1) is 14.0. The van der Waals surface area contributed by atoms with Gasteiger partial charge in [0.25, 0.3) is 0 Å². The number of anilines is 1. The van der Waals surface area contributed by atoms with Crippen LogP contribution in [-0.2, 0) is 11.2 Å². The van der Waals surface area contributed by atoms with E-state index in [1.165, 1.54) is 17.7 Å². The van der Waals surface area contributed by atoms with Crippen molar-refractivity contribution in [2.45, 2.75) is 33.6 Å². The standard InChI is InChI=1S/C24H22FN3O.CH4/c1-24-14-16-15-26-28(20-10-8-18(25)9-11-20)22(16)13-17(24)7-12-21(24)23(29)27-19-5-3-2-4-6-19;/h2-6,8-11,13,15,21H,7,12,14H2,1H3,(H,27,29);1H4/t21-,24+;/m1./s1. The Kier molecular flexibility index (Phi) is 5.06. The fraction of sp³-hybridized carbons (Fsp3) is 0.280. The number of benzene rings is 2. The van der Waals surface area contributed by atoms with Gasteiger partial charge in [0.15, 0.2) is 0 Å². The smallest absolute Gasteiger partial charge is 0.228 e. The maximum Gasteiger partial charge on any atom is 0.228 e. The number of nitrogens with zero attached hydrogens (tertiary/aromatic N) is 2. The van der Waals surface area contributed by atoms with Crippen LogP contribution in [0.3, 0.4) is 0 Å². The maximum absolute atomic E-state index is 13.3. The van der Waals surface area contributed by atoms with Crippen LogP contribution in [0.25, 0.3) is 11.8 Å². The summed E-state index contributed by atoms with van der Waals surface area (Å²) in [6.07, 6.45) is 6.58. The fourth-order valence-corrected chi connectivity index (χ4v) is 4.80. The van der Waals surface area contributed by atoms with Crippen molar-refractivity contribution in [1.82, 2.24) is 9.78 Å². The quantitative estimate of drug-likeness (QED) is 0.615. The molecule has 30 heavy (non-hydrogen) atoms. The molecule has 1 fully saturated rings. The molecule has 4 nitrogen and oxygen atoms in total. The lowest BCUT2D eigenvalue weighted by Gasteiger charge is -2.35. The van der Waals surface area contributed by atoms with E-state index in [0.29, 0.717) is 0 Å². The second-order valence-corrected chi connectivity index (χ2v) is 8.15. The van der Waals surface area contributed by atoms with E-state index >= 15 is 0 Å².